The van der Waals surface area contributed by atoms with Crippen LogP contribution in [0.1, 0.15) is 44.8 Å². The zero-order chi connectivity index (χ0) is 29.3. The minimum atomic E-state index is -4.45. The third kappa shape index (κ3) is 6.12. The Balaban J connectivity index is 1.52. The molecule has 0 radical (unpaired) electrons. The van der Waals surface area contributed by atoms with E-state index in [4.69, 9.17) is 5.11 Å². The molecule has 208 valence electrons. The van der Waals surface area contributed by atoms with Crippen molar-refractivity contribution >= 4 is 34.5 Å². The molecule has 0 spiro atoms. The van der Waals surface area contributed by atoms with E-state index in [2.05, 4.69) is 10.3 Å². The molecule has 1 atom stereocenters. The quantitative estimate of drug-likeness (QED) is 0.170. The van der Waals surface area contributed by atoms with Crippen LogP contribution in [0.3, 0.4) is 0 Å². The maximum absolute atomic E-state index is 13.7. The van der Waals surface area contributed by atoms with Gasteiger partial charge in [0.25, 0.3) is 5.91 Å². The number of nitrogens with one attached hydrogen (secondary N) is 2. The Kier molecular flexibility index (Phi) is 7.59. The predicted octanol–water partition coefficient (Wildman–Crippen LogP) is 8.33. The van der Waals surface area contributed by atoms with Crippen LogP contribution in [0.25, 0.3) is 22.0 Å². The first-order valence-electron chi connectivity index (χ1n) is 12.4. The number of carboxylic acids is 1. The number of carboxylic acid groups (broad SMARTS) is 1. The number of carbonyl (C=O) groups excluding carboxylic acids is 1. The van der Waals surface area contributed by atoms with Crippen LogP contribution < -0.4 is 5.32 Å². The van der Waals surface area contributed by atoms with Crippen molar-refractivity contribution in [3.8, 4) is 11.1 Å². The molecule has 5 nitrogen and oxygen atoms in total. The Morgan fingerprint density at radius 2 is 1.56 bits per heavy atom. The molecule has 0 saturated carbocycles. The lowest BCUT2D eigenvalue weighted by Crippen LogP contribution is -2.27. The van der Waals surface area contributed by atoms with Crippen molar-refractivity contribution in [3.05, 3.63) is 119 Å². The smallest absolute Gasteiger partial charge is 0.416 e. The standard InChI is InChI=1S/C31H22F4N2O3S/c1-17(18-2-4-20(5-3-18)30(39)40)37-29(38)25-14-21(19-6-10-23(32)11-7-19)15-26-28(25)27(16-36-26)41-24-12-8-22(9-13-24)31(33,34)35/h2-17,36H,1H3,(H,37,38)(H,39,40)/t17-/m0/s1. The monoisotopic (exact) mass is 578 g/mol. The fourth-order valence-electron chi connectivity index (χ4n) is 4.42. The molecule has 0 aliphatic heterocycles. The number of H-pyrrole nitrogens is 1. The van der Waals surface area contributed by atoms with Crippen molar-refractivity contribution in [1.82, 2.24) is 10.3 Å². The summed E-state index contributed by atoms with van der Waals surface area (Å²) in [7, 11) is 0. The molecule has 0 bridgehead atoms. The summed E-state index contributed by atoms with van der Waals surface area (Å²) in [6.07, 6.45) is -2.76. The highest BCUT2D eigenvalue weighted by molar-refractivity contribution is 7.99. The van der Waals surface area contributed by atoms with E-state index >= 15 is 0 Å². The Hall–Kier alpha value is -4.57. The second-order valence-corrected chi connectivity index (χ2v) is 10.5. The summed E-state index contributed by atoms with van der Waals surface area (Å²) < 4.78 is 52.6. The average molecular weight is 579 g/mol. The van der Waals surface area contributed by atoms with Crippen LogP contribution in [0.4, 0.5) is 17.6 Å². The maximum Gasteiger partial charge on any atom is 0.416 e. The van der Waals surface area contributed by atoms with Crippen molar-refractivity contribution in [2.45, 2.75) is 28.9 Å². The van der Waals surface area contributed by atoms with Crippen LogP contribution in [0, 0.1) is 5.82 Å². The molecule has 3 N–H and O–H groups in total. The summed E-state index contributed by atoms with van der Waals surface area (Å²) in [6.45, 7) is 1.77. The molecule has 4 aromatic carbocycles. The van der Waals surface area contributed by atoms with Gasteiger partial charge in [-0.1, -0.05) is 36.0 Å². The maximum atomic E-state index is 13.7. The van der Waals surface area contributed by atoms with E-state index in [1.54, 1.807) is 43.5 Å². The van der Waals surface area contributed by atoms with Gasteiger partial charge in [-0.15, -0.1) is 0 Å². The van der Waals surface area contributed by atoms with Gasteiger partial charge in [0, 0.05) is 26.9 Å². The number of benzene rings is 4. The molecule has 0 aliphatic carbocycles. The van der Waals surface area contributed by atoms with Gasteiger partial charge in [-0.2, -0.15) is 13.2 Å². The molecule has 0 saturated heterocycles. The highest BCUT2D eigenvalue weighted by Crippen LogP contribution is 2.39. The summed E-state index contributed by atoms with van der Waals surface area (Å²) in [5, 5.41) is 12.7. The van der Waals surface area contributed by atoms with E-state index in [1.807, 2.05) is 6.07 Å². The molecule has 0 fully saturated rings. The first-order chi connectivity index (χ1) is 19.5. The van der Waals surface area contributed by atoms with Crippen LogP contribution in [-0.4, -0.2) is 22.0 Å². The lowest BCUT2D eigenvalue weighted by Gasteiger charge is -2.16. The first-order valence-corrected chi connectivity index (χ1v) is 13.2. The lowest BCUT2D eigenvalue weighted by atomic mass is 9.99. The van der Waals surface area contributed by atoms with Gasteiger partial charge in [-0.3, -0.25) is 4.79 Å². The van der Waals surface area contributed by atoms with E-state index < -0.39 is 35.5 Å². The van der Waals surface area contributed by atoms with Gasteiger partial charge in [0.05, 0.1) is 22.7 Å². The van der Waals surface area contributed by atoms with Crippen molar-refractivity contribution in [3.63, 3.8) is 0 Å². The SMILES string of the molecule is C[C@H](NC(=O)c1cc(-c2ccc(F)cc2)cc2[nH]cc(Sc3ccc(C(F)(F)F)cc3)c12)c1ccc(C(=O)O)cc1. The Morgan fingerprint density at radius 1 is 0.902 bits per heavy atom. The van der Waals surface area contributed by atoms with Crippen LogP contribution in [0.2, 0.25) is 0 Å². The van der Waals surface area contributed by atoms with E-state index in [0.717, 1.165) is 12.1 Å². The summed E-state index contributed by atoms with van der Waals surface area (Å²) in [5.74, 6) is -1.87. The van der Waals surface area contributed by atoms with Gasteiger partial charge in [-0.25, -0.2) is 9.18 Å². The lowest BCUT2D eigenvalue weighted by molar-refractivity contribution is -0.137. The number of aromatic amines is 1. The number of hydrogen-bond donors (Lipinski definition) is 3. The Labute approximate surface area is 236 Å². The zero-order valence-corrected chi connectivity index (χ0v) is 22.2. The molecule has 1 aromatic heterocycles. The number of fused-ring (bicyclic) bond motifs is 1. The summed E-state index contributed by atoms with van der Waals surface area (Å²) >= 11 is 1.21. The van der Waals surface area contributed by atoms with Crippen LogP contribution in [-0.2, 0) is 6.18 Å². The molecule has 5 rings (SSSR count). The summed E-state index contributed by atoms with van der Waals surface area (Å²) in [4.78, 5) is 29.2. The predicted molar refractivity (Wildman–Crippen MR) is 149 cm³/mol. The van der Waals surface area contributed by atoms with Gasteiger partial charge < -0.3 is 15.4 Å². The van der Waals surface area contributed by atoms with Gasteiger partial charge in [0.2, 0.25) is 0 Å². The molecule has 1 amide bonds. The number of rotatable bonds is 7. The second-order valence-electron chi connectivity index (χ2n) is 9.35. The normalized spacial score (nSPS) is 12.3. The number of aromatic nitrogens is 1. The average Bonchev–Trinajstić information content (AvgIpc) is 3.35. The van der Waals surface area contributed by atoms with Gasteiger partial charge in [-0.05, 0) is 84.3 Å². The van der Waals surface area contributed by atoms with Crippen LogP contribution in [0.5, 0.6) is 0 Å². The highest BCUT2D eigenvalue weighted by atomic mass is 32.2. The third-order valence-corrected chi connectivity index (χ3v) is 7.63. The van der Waals surface area contributed by atoms with E-state index in [1.165, 1.54) is 48.2 Å². The van der Waals surface area contributed by atoms with Crippen LogP contribution in [0.15, 0.2) is 101 Å². The largest absolute Gasteiger partial charge is 0.478 e. The second kappa shape index (κ2) is 11.1. The number of alkyl halides is 3. The van der Waals surface area contributed by atoms with E-state index in [-0.39, 0.29) is 5.56 Å². The summed E-state index contributed by atoms with van der Waals surface area (Å²) in [6, 6.07) is 19.8. The number of carbonyl (C=O) groups is 2. The fraction of sp³-hybridized carbons (Fsp3) is 0.0968. The van der Waals surface area contributed by atoms with Crippen LogP contribution >= 0.6 is 11.8 Å². The van der Waals surface area contributed by atoms with Gasteiger partial charge in [0.1, 0.15) is 5.82 Å². The van der Waals surface area contributed by atoms with Gasteiger partial charge in [0.15, 0.2) is 0 Å². The topological polar surface area (TPSA) is 82.2 Å². The molecular weight excluding hydrogens is 556 g/mol. The third-order valence-electron chi connectivity index (χ3n) is 6.58. The van der Waals surface area contributed by atoms with Crippen molar-refractivity contribution in [2.75, 3.05) is 0 Å². The molecule has 10 heteroatoms. The first kappa shape index (κ1) is 28.0. The Bertz CT molecular complexity index is 1730. The molecule has 0 unspecified atom stereocenters. The number of aromatic carboxylic acids is 1. The minimum absolute atomic E-state index is 0.123. The fourth-order valence-corrected chi connectivity index (χ4v) is 5.38. The molecule has 5 aromatic rings. The van der Waals surface area contributed by atoms with Gasteiger partial charge >= 0.3 is 12.1 Å². The molecule has 1 heterocycles. The number of halogens is 4. The molecular formula is C31H22F4N2O3S. The van der Waals surface area contributed by atoms with E-state index in [9.17, 15) is 27.2 Å². The molecule has 41 heavy (non-hydrogen) atoms. The highest BCUT2D eigenvalue weighted by Gasteiger charge is 2.30. The zero-order valence-electron chi connectivity index (χ0n) is 21.4. The number of amides is 1. The van der Waals surface area contributed by atoms with Crippen molar-refractivity contribution in [2.24, 2.45) is 0 Å². The minimum Gasteiger partial charge on any atom is -0.478 e. The van der Waals surface area contributed by atoms with Crippen molar-refractivity contribution in [1.29, 1.82) is 0 Å². The molecule has 0 aliphatic rings. The van der Waals surface area contributed by atoms with E-state index in [0.29, 0.717) is 42.9 Å². The number of hydrogen-bond acceptors (Lipinski definition) is 3. The summed E-state index contributed by atoms with van der Waals surface area (Å²) in [5.41, 5.74) is 2.34. The Morgan fingerprint density at radius 3 is 2.17 bits per heavy atom. The van der Waals surface area contributed by atoms with Crippen molar-refractivity contribution < 1.29 is 32.3 Å².